The molecule has 1 nitrogen and oxygen atoms in total. The fourth-order valence-electron chi connectivity index (χ4n) is 3.40. The van der Waals surface area contributed by atoms with Crippen LogP contribution in [0.5, 0.6) is 0 Å². The Labute approximate surface area is 88.9 Å². The molecule has 0 aromatic carbocycles. The highest BCUT2D eigenvalue weighted by Gasteiger charge is 2.32. The Morgan fingerprint density at radius 1 is 0.929 bits per heavy atom. The third-order valence-corrected chi connectivity index (χ3v) is 4.16. The topological polar surface area (TPSA) is 3.24 Å². The van der Waals surface area contributed by atoms with Crippen molar-refractivity contribution in [3.05, 3.63) is 0 Å². The Bertz CT molecular complexity index is 170. The number of hydrogen-bond donors (Lipinski definition) is 0. The van der Waals surface area contributed by atoms with Gasteiger partial charge in [0.2, 0.25) is 0 Å². The molecule has 0 aromatic heterocycles. The Morgan fingerprint density at radius 3 is 2.29 bits per heavy atom. The van der Waals surface area contributed by atoms with Gasteiger partial charge in [0.15, 0.2) is 0 Å². The first kappa shape index (κ1) is 10.5. The number of likely N-dealkylation sites (tertiary alicyclic amines) is 1. The van der Waals surface area contributed by atoms with Crippen LogP contribution in [-0.2, 0) is 0 Å². The van der Waals surface area contributed by atoms with Crippen molar-refractivity contribution in [2.75, 3.05) is 6.54 Å². The minimum Gasteiger partial charge on any atom is -0.297 e. The van der Waals surface area contributed by atoms with Crippen LogP contribution in [-0.4, -0.2) is 23.5 Å². The zero-order valence-corrected chi connectivity index (χ0v) is 9.84. The van der Waals surface area contributed by atoms with E-state index in [2.05, 4.69) is 18.7 Å². The molecule has 82 valence electrons. The first-order chi connectivity index (χ1) is 6.79. The van der Waals surface area contributed by atoms with Crippen molar-refractivity contribution < 1.29 is 0 Å². The third-order valence-electron chi connectivity index (χ3n) is 4.16. The molecule has 1 heteroatoms. The van der Waals surface area contributed by atoms with Gasteiger partial charge in [0, 0.05) is 12.1 Å². The van der Waals surface area contributed by atoms with Gasteiger partial charge in [-0.05, 0) is 38.1 Å². The Balaban J connectivity index is 1.94. The molecule has 2 fully saturated rings. The van der Waals surface area contributed by atoms with E-state index in [9.17, 15) is 0 Å². The lowest BCUT2D eigenvalue weighted by molar-refractivity contribution is 0.116. The van der Waals surface area contributed by atoms with Crippen molar-refractivity contribution in [2.24, 2.45) is 5.92 Å². The van der Waals surface area contributed by atoms with E-state index in [4.69, 9.17) is 0 Å². The quantitative estimate of drug-likeness (QED) is 0.652. The van der Waals surface area contributed by atoms with Gasteiger partial charge >= 0.3 is 0 Å². The highest BCUT2D eigenvalue weighted by Crippen LogP contribution is 2.31. The van der Waals surface area contributed by atoms with Crippen molar-refractivity contribution in [2.45, 2.75) is 70.9 Å². The molecule has 0 radical (unpaired) electrons. The summed E-state index contributed by atoms with van der Waals surface area (Å²) in [4.78, 5) is 2.84. The second-order valence-electron chi connectivity index (χ2n) is 5.48. The second-order valence-corrected chi connectivity index (χ2v) is 5.48. The first-order valence-corrected chi connectivity index (χ1v) is 6.55. The molecule has 2 aliphatic rings. The summed E-state index contributed by atoms with van der Waals surface area (Å²) < 4.78 is 0. The van der Waals surface area contributed by atoms with Crippen LogP contribution in [0.4, 0.5) is 0 Å². The minimum atomic E-state index is 0.861. The van der Waals surface area contributed by atoms with Crippen LogP contribution >= 0.6 is 0 Å². The van der Waals surface area contributed by atoms with Gasteiger partial charge in [0.05, 0.1) is 0 Å². The van der Waals surface area contributed by atoms with E-state index in [1.54, 1.807) is 0 Å². The lowest BCUT2D eigenvalue weighted by Gasteiger charge is -2.37. The number of nitrogens with zero attached hydrogens (tertiary/aromatic N) is 1. The molecular weight excluding hydrogens is 170 g/mol. The standard InChI is InChI=1S/C13H25N/c1-11(2)13-9-6-10-14(13)12-7-4-3-5-8-12/h11-13H,3-10H2,1-2H3/t13-/m0/s1. The van der Waals surface area contributed by atoms with Gasteiger partial charge in [-0.1, -0.05) is 33.1 Å². The largest absolute Gasteiger partial charge is 0.297 e. The van der Waals surface area contributed by atoms with Gasteiger partial charge in [0.1, 0.15) is 0 Å². The molecule has 1 saturated heterocycles. The number of hydrogen-bond acceptors (Lipinski definition) is 1. The van der Waals surface area contributed by atoms with E-state index in [0.717, 1.165) is 18.0 Å². The van der Waals surface area contributed by atoms with E-state index in [1.165, 1.54) is 51.5 Å². The van der Waals surface area contributed by atoms with Crippen LogP contribution in [0.2, 0.25) is 0 Å². The van der Waals surface area contributed by atoms with Gasteiger partial charge in [-0.25, -0.2) is 0 Å². The molecule has 0 N–H and O–H groups in total. The molecule has 0 spiro atoms. The van der Waals surface area contributed by atoms with Crippen LogP contribution in [0.25, 0.3) is 0 Å². The van der Waals surface area contributed by atoms with Crippen LogP contribution < -0.4 is 0 Å². The van der Waals surface area contributed by atoms with E-state index in [0.29, 0.717) is 0 Å². The molecule has 1 saturated carbocycles. The summed E-state index contributed by atoms with van der Waals surface area (Å²) in [5.41, 5.74) is 0. The van der Waals surface area contributed by atoms with Gasteiger partial charge in [-0.15, -0.1) is 0 Å². The van der Waals surface area contributed by atoms with Crippen molar-refractivity contribution in [3.8, 4) is 0 Å². The summed E-state index contributed by atoms with van der Waals surface area (Å²) >= 11 is 0. The smallest absolute Gasteiger partial charge is 0.0122 e. The van der Waals surface area contributed by atoms with E-state index >= 15 is 0 Å². The Kier molecular flexibility index (Phi) is 3.48. The monoisotopic (exact) mass is 195 g/mol. The molecule has 1 aliphatic heterocycles. The molecule has 2 rings (SSSR count). The summed E-state index contributed by atoms with van der Waals surface area (Å²) in [6.45, 7) is 6.17. The second kappa shape index (κ2) is 4.65. The third kappa shape index (κ3) is 2.13. The minimum absolute atomic E-state index is 0.861. The summed E-state index contributed by atoms with van der Waals surface area (Å²) in [5.74, 6) is 0.861. The van der Waals surface area contributed by atoms with Gasteiger partial charge in [-0.2, -0.15) is 0 Å². The number of rotatable bonds is 2. The normalized spacial score (nSPS) is 31.5. The van der Waals surface area contributed by atoms with Crippen LogP contribution in [0.3, 0.4) is 0 Å². The summed E-state index contributed by atoms with van der Waals surface area (Å²) in [5, 5.41) is 0. The molecule has 1 atom stereocenters. The van der Waals surface area contributed by atoms with Crippen molar-refractivity contribution in [1.29, 1.82) is 0 Å². The average molecular weight is 195 g/mol. The van der Waals surface area contributed by atoms with Crippen molar-refractivity contribution >= 4 is 0 Å². The predicted octanol–water partition coefficient (Wildman–Crippen LogP) is 3.44. The van der Waals surface area contributed by atoms with E-state index < -0.39 is 0 Å². The van der Waals surface area contributed by atoms with Crippen LogP contribution in [0.15, 0.2) is 0 Å². The highest BCUT2D eigenvalue weighted by atomic mass is 15.2. The van der Waals surface area contributed by atoms with E-state index in [-0.39, 0.29) is 0 Å². The molecule has 0 unspecified atom stereocenters. The first-order valence-electron chi connectivity index (χ1n) is 6.55. The molecule has 1 heterocycles. The fourth-order valence-corrected chi connectivity index (χ4v) is 3.40. The van der Waals surface area contributed by atoms with Gasteiger partial charge < -0.3 is 0 Å². The maximum absolute atomic E-state index is 2.84. The molecule has 0 amide bonds. The molecular formula is C13H25N. The summed E-state index contributed by atoms with van der Waals surface area (Å²) in [7, 11) is 0. The van der Waals surface area contributed by atoms with Gasteiger partial charge in [0.25, 0.3) is 0 Å². The summed E-state index contributed by atoms with van der Waals surface area (Å²) in [6, 6.07) is 1.84. The highest BCUT2D eigenvalue weighted by molar-refractivity contribution is 4.87. The Hall–Kier alpha value is -0.0400. The lowest BCUT2D eigenvalue weighted by atomic mass is 9.92. The van der Waals surface area contributed by atoms with Crippen molar-refractivity contribution in [1.82, 2.24) is 4.90 Å². The van der Waals surface area contributed by atoms with Crippen LogP contribution in [0, 0.1) is 5.92 Å². The molecule has 1 aliphatic carbocycles. The van der Waals surface area contributed by atoms with E-state index in [1.807, 2.05) is 0 Å². The fraction of sp³-hybridized carbons (Fsp3) is 1.00. The maximum atomic E-state index is 2.84. The summed E-state index contributed by atoms with van der Waals surface area (Å²) in [6.07, 6.45) is 10.3. The maximum Gasteiger partial charge on any atom is 0.0122 e. The zero-order valence-electron chi connectivity index (χ0n) is 9.84. The predicted molar refractivity (Wildman–Crippen MR) is 61.4 cm³/mol. The zero-order chi connectivity index (χ0) is 9.97. The lowest BCUT2D eigenvalue weighted by Crippen LogP contribution is -2.42. The SMILES string of the molecule is CC(C)[C@@H]1CCCN1C1CCCCC1. The molecule has 0 aromatic rings. The molecule has 14 heavy (non-hydrogen) atoms. The average Bonchev–Trinajstić information content (AvgIpc) is 2.67. The Morgan fingerprint density at radius 2 is 1.64 bits per heavy atom. The van der Waals surface area contributed by atoms with Gasteiger partial charge in [-0.3, -0.25) is 4.90 Å². The molecule has 0 bridgehead atoms. The van der Waals surface area contributed by atoms with Crippen LogP contribution in [0.1, 0.15) is 58.8 Å². The van der Waals surface area contributed by atoms with Crippen molar-refractivity contribution in [3.63, 3.8) is 0 Å².